The van der Waals surface area contributed by atoms with Crippen LogP contribution in [0.15, 0.2) is 42.5 Å². The lowest BCUT2D eigenvalue weighted by molar-refractivity contribution is 0.251. The SMILES string of the molecule is COc1ccc(CCCN2CCc3ccc(C(C)C)cc3C2)cc1. The van der Waals surface area contributed by atoms with Crippen LogP contribution in [0.4, 0.5) is 0 Å². The van der Waals surface area contributed by atoms with Gasteiger partial charge in [0.05, 0.1) is 7.11 Å². The van der Waals surface area contributed by atoms with Crippen LogP contribution < -0.4 is 4.74 Å². The molecule has 2 aromatic carbocycles. The molecule has 0 aliphatic carbocycles. The molecule has 0 aromatic heterocycles. The third kappa shape index (κ3) is 4.18. The number of ether oxygens (including phenoxy) is 1. The molecule has 1 aliphatic heterocycles. The highest BCUT2D eigenvalue weighted by Crippen LogP contribution is 2.24. The Morgan fingerprint density at radius 1 is 1.04 bits per heavy atom. The van der Waals surface area contributed by atoms with Gasteiger partial charge < -0.3 is 4.74 Å². The van der Waals surface area contributed by atoms with E-state index in [9.17, 15) is 0 Å². The normalized spacial score (nSPS) is 14.7. The van der Waals surface area contributed by atoms with Crippen LogP contribution in [-0.2, 0) is 19.4 Å². The summed E-state index contributed by atoms with van der Waals surface area (Å²) in [7, 11) is 1.72. The van der Waals surface area contributed by atoms with Crippen molar-refractivity contribution in [1.82, 2.24) is 4.90 Å². The predicted octanol–water partition coefficient (Wildman–Crippen LogP) is 4.81. The van der Waals surface area contributed by atoms with E-state index in [4.69, 9.17) is 4.74 Å². The number of rotatable bonds is 6. The number of methoxy groups -OCH3 is 1. The average Bonchev–Trinajstić information content (AvgIpc) is 2.61. The Morgan fingerprint density at radius 3 is 2.54 bits per heavy atom. The first-order valence-electron chi connectivity index (χ1n) is 9.12. The van der Waals surface area contributed by atoms with Gasteiger partial charge in [-0.2, -0.15) is 0 Å². The second-order valence-corrected chi connectivity index (χ2v) is 7.16. The zero-order chi connectivity index (χ0) is 16.9. The molecule has 1 aliphatic rings. The molecule has 0 bridgehead atoms. The Morgan fingerprint density at radius 2 is 1.83 bits per heavy atom. The molecule has 0 amide bonds. The molecule has 1 heterocycles. The maximum Gasteiger partial charge on any atom is 0.118 e. The largest absolute Gasteiger partial charge is 0.497 e. The van der Waals surface area contributed by atoms with Crippen LogP contribution in [-0.4, -0.2) is 25.1 Å². The van der Waals surface area contributed by atoms with E-state index in [1.165, 1.54) is 42.6 Å². The summed E-state index contributed by atoms with van der Waals surface area (Å²) in [6.07, 6.45) is 3.54. The first-order valence-corrected chi connectivity index (χ1v) is 9.12. The van der Waals surface area contributed by atoms with Crippen molar-refractivity contribution in [1.29, 1.82) is 0 Å². The van der Waals surface area contributed by atoms with Crippen LogP contribution in [0.5, 0.6) is 5.75 Å². The summed E-state index contributed by atoms with van der Waals surface area (Å²) in [5.74, 6) is 1.55. The zero-order valence-electron chi connectivity index (χ0n) is 15.2. The van der Waals surface area contributed by atoms with Crippen molar-refractivity contribution < 1.29 is 4.74 Å². The number of fused-ring (bicyclic) bond motifs is 1. The quantitative estimate of drug-likeness (QED) is 0.756. The van der Waals surface area contributed by atoms with E-state index in [2.05, 4.69) is 61.2 Å². The van der Waals surface area contributed by atoms with Gasteiger partial charge in [-0.3, -0.25) is 4.90 Å². The molecule has 0 radical (unpaired) electrons. The second-order valence-electron chi connectivity index (χ2n) is 7.16. The van der Waals surface area contributed by atoms with Gasteiger partial charge in [-0.1, -0.05) is 44.2 Å². The summed E-state index contributed by atoms with van der Waals surface area (Å²) >= 11 is 0. The Hall–Kier alpha value is -1.80. The second kappa shape index (κ2) is 7.85. The van der Waals surface area contributed by atoms with Crippen LogP contribution in [0.2, 0.25) is 0 Å². The van der Waals surface area contributed by atoms with Crippen LogP contribution in [0.25, 0.3) is 0 Å². The summed E-state index contributed by atoms with van der Waals surface area (Å²) in [5.41, 5.74) is 5.95. The van der Waals surface area contributed by atoms with Gasteiger partial charge in [0.2, 0.25) is 0 Å². The smallest absolute Gasteiger partial charge is 0.118 e. The Labute approximate surface area is 146 Å². The van der Waals surface area contributed by atoms with Gasteiger partial charge in [-0.05, 0) is 66.1 Å². The van der Waals surface area contributed by atoms with Gasteiger partial charge in [-0.15, -0.1) is 0 Å². The highest BCUT2D eigenvalue weighted by Gasteiger charge is 2.16. The third-order valence-corrected chi connectivity index (χ3v) is 5.09. The summed E-state index contributed by atoms with van der Waals surface area (Å²) in [5, 5.41) is 0. The topological polar surface area (TPSA) is 12.5 Å². The standard InChI is InChI=1S/C22H29NO/c1-17(2)20-9-8-19-12-14-23(16-21(19)15-20)13-4-5-18-6-10-22(24-3)11-7-18/h6-11,15,17H,4-5,12-14,16H2,1-3H3. The van der Waals surface area contributed by atoms with E-state index in [-0.39, 0.29) is 0 Å². The molecule has 0 saturated carbocycles. The van der Waals surface area contributed by atoms with Gasteiger partial charge in [-0.25, -0.2) is 0 Å². The van der Waals surface area contributed by atoms with Gasteiger partial charge in [0.15, 0.2) is 0 Å². The highest BCUT2D eigenvalue weighted by molar-refractivity contribution is 5.35. The lowest BCUT2D eigenvalue weighted by Gasteiger charge is -2.29. The van der Waals surface area contributed by atoms with Gasteiger partial charge >= 0.3 is 0 Å². The Kier molecular flexibility index (Phi) is 5.57. The Bertz CT molecular complexity index is 660. The van der Waals surface area contributed by atoms with Crippen molar-refractivity contribution in [3.05, 3.63) is 64.7 Å². The minimum Gasteiger partial charge on any atom is -0.497 e. The molecule has 0 saturated heterocycles. The molecular weight excluding hydrogens is 294 g/mol. The fraction of sp³-hybridized carbons (Fsp3) is 0.455. The first kappa shape index (κ1) is 17.0. The van der Waals surface area contributed by atoms with Crippen LogP contribution in [0, 0.1) is 0 Å². The molecule has 3 rings (SSSR count). The maximum atomic E-state index is 5.22. The number of hydrogen-bond donors (Lipinski definition) is 0. The van der Waals surface area contributed by atoms with Crippen LogP contribution in [0.1, 0.15) is 48.4 Å². The van der Waals surface area contributed by atoms with E-state index in [0.717, 1.165) is 18.7 Å². The fourth-order valence-electron chi connectivity index (χ4n) is 3.48. The van der Waals surface area contributed by atoms with E-state index >= 15 is 0 Å². The molecule has 2 nitrogen and oxygen atoms in total. The predicted molar refractivity (Wildman–Crippen MR) is 101 cm³/mol. The highest BCUT2D eigenvalue weighted by atomic mass is 16.5. The molecular formula is C22H29NO. The zero-order valence-corrected chi connectivity index (χ0v) is 15.2. The third-order valence-electron chi connectivity index (χ3n) is 5.09. The summed E-state index contributed by atoms with van der Waals surface area (Å²) in [6.45, 7) is 8.03. The van der Waals surface area contributed by atoms with Crippen LogP contribution in [0.3, 0.4) is 0 Å². The number of aryl methyl sites for hydroxylation is 1. The van der Waals surface area contributed by atoms with E-state index in [0.29, 0.717) is 5.92 Å². The van der Waals surface area contributed by atoms with Crippen molar-refractivity contribution in [2.75, 3.05) is 20.2 Å². The number of nitrogens with zero attached hydrogens (tertiary/aromatic N) is 1. The van der Waals surface area contributed by atoms with Crippen molar-refractivity contribution in [3.63, 3.8) is 0 Å². The average molecular weight is 323 g/mol. The van der Waals surface area contributed by atoms with Crippen molar-refractivity contribution >= 4 is 0 Å². The summed E-state index contributed by atoms with van der Waals surface area (Å²) < 4.78 is 5.22. The number of benzene rings is 2. The molecule has 2 heteroatoms. The molecule has 0 spiro atoms. The minimum atomic E-state index is 0.612. The van der Waals surface area contributed by atoms with Gasteiger partial charge in [0, 0.05) is 13.1 Å². The molecule has 128 valence electrons. The summed E-state index contributed by atoms with van der Waals surface area (Å²) in [4.78, 5) is 2.61. The lowest BCUT2D eigenvalue weighted by atomic mass is 9.93. The van der Waals surface area contributed by atoms with E-state index < -0.39 is 0 Å². The van der Waals surface area contributed by atoms with Crippen molar-refractivity contribution in [3.8, 4) is 5.75 Å². The Balaban J connectivity index is 1.52. The van der Waals surface area contributed by atoms with Gasteiger partial charge in [0.25, 0.3) is 0 Å². The van der Waals surface area contributed by atoms with Crippen molar-refractivity contribution in [2.45, 2.75) is 45.6 Å². The molecule has 0 N–H and O–H groups in total. The molecule has 0 atom stereocenters. The van der Waals surface area contributed by atoms with E-state index in [1.54, 1.807) is 12.7 Å². The first-order chi connectivity index (χ1) is 11.7. The fourth-order valence-corrected chi connectivity index (χ4v) is 3.48. The molecule has 24 heavy (non-hydrogen) atoms. The van der Waals surface area contributed by atoms with Gasteiger partial charge in [0.1, 0.15) is 5.75 Å². The maximum absolute atomic E-state index is 5.22. The molecule has 0 unspecified atom stereocenters. The van der Waals surface area contributed by atoms with Crippen molar-refractivity contribution in [2.24, 2.45) is 0 Å². The van der Waals surface area contributed by atoms with Crippen LogP contribution >= 0.6 is 0 Å². The minimum absolute atomic E-state index is 0.612. The lowest BCUT2D eigenvalue weighted by Crippen LogP contribution is -2.31. The summed E-state index contributed by atoms with van der Waals surface area (Å²) in [6, 6.07) is 15.6. The monoisotopic (exact) mass is 323 g/mol. The number of hydrogen-bond acceptors (Lipinski definition) is 2. The molecule has 2 aromatic rings. The van der Waals surface area contributed by atoms with E-state index in [1.807, 2.05) is 0 Å². The molecule has 0 fully saturated rings.